The maximum Gasteiger partial charge on any atom is 0.257 e. The number of amides is 2. The Labute approximate surface area is 181 Å². The Morgan fingerprint density at radius 1 is 1.10 bits per heavy atom. The first-order chi connectivity index (χ1) is 14.7. The largest absolute Gasteiger partial charge is 0.335 e. The molecule has 1 saturated heterocycles. The average Bonchev–Trinajstić information content (AvgIpc) is 2.74. The van der Waals surface area contributed by atoms with Gasteiger partial charge in [0.05, 0.1) is 23.2 Å². The van der Waals surface area contributed by atoms with Crippen LogP contribution in [0.3, 0.4) is 0 Å². The number of piperazine rings is 1. The van der Waals surface area contributed by atoms with Crippen molar-refractivity contribution in [3.05, 3.63) is 59.2 Å². The van der Waals surface area contributed by atoms with Gasteiger partial charge in [-0.3, -0.25) is 19.3 Å². The van der Waals surface area contributed by atoms with Gasteiger partial charge in [0.15, 0.2) is 5.82 Å². The van der Waals surface area contributed by atoms with Crippen LogP contribution in [-0.4, -0.2) is 66.9 Å². The van der Waals surface area contributed by atoms with E-state index < -0.39 is 21.7 Å². The van der Waals surface area contributed by atoms with Crippen LogP contribution in [0, 0.1) is 12.7 Å². The number of benzene rings is 1. The molecule has 8 nitrogen and oxygen atoms in total. The van der Waals surface area contributed by atoms with Gasteiger partial charge >= 0.3 is 0 Å². The third kappa shape index (κ3) is 5.38. The fraction of sp³-hybridized carbons (Fsp3) is 0.381. The summed E-state index contributed by atoms with van der Waals surface area (Å²) in [6.45, 7) is 4.75. The van der Waals surface area contributed by atoms with Crippen molar-refractivity contribution in [3.63, 3.8) is 0 Å². The summed E-state index contributed by atoms with van der Waals surface area (Å²) in [7, 11) is -3.41. The Kier molecular flexibility index (Phi) is 6.89. The molecule has 0 radical (unpaired) electrons. The van der Waals surface area contributed by atoms with Crippen molar-refractivity contribution in [3.8, 4) is 0 Å². The van der Waals surface area contributed by atoms with Crippen molar-refractivity contribution >= 4 is 27.5 Å². The van der Waals surface area contributed by atoms with Crippen molar-refractivity contribution in [2.75, 3.05) is 36.7 Å². The van der Waals surface area contributed by atoms with Crippen LogP contribution in [-0.2, 0) is 10.0 Å². The molecule has 1 aromatic heterocycles. The minimum atomic E-state index is -3.41. The first-order valence-corrected chi connectivity index (χ1v) is 11.7. The molecule has 0 bridgehead atoms. The Hall–Kier alpha value is -3.01. The minimum Gasteiger partial charge on any atom is -0.335 e. The van der Waals surface area contributed by atoms with Crippen LogP contribution < -0.4 is 4.72 Å². The fourth-order valence-electron chi connectivity index (χ4n) is 3.41. The van der Waals surface area contributed by atoms with Crippen LogP contribution in [0.5, 0.6) is 0 Å². The molecular weight excluding hydrogens is 423 g/mol. The van der Waals surface area contributed by atoms with Crippen LogP contribution in [0.2, 0.25) is 0 Å². The minimum absolute atomic E-state index is 0.0273. The van der Waals surface area contributed by atoms with E-state index in [1.807, 2.05) is 0 Å². The van der Waals surface area contributed by atoms with Crippen LogP contribution in [0.15, 0.2) is 36.7 Å². The number of carbonyl (C=O) groups excluding carboxylic acids is 2. The molecule has 1 aliphatic rings. The number of hydrogen-bond donors (Lipinski definition) is 1. The highest BCUT2D eigenvalue weighted by molar-refractivity contribution is 7.92. The van der Waals surface area contributed by atoms with Gasteiger partial charge in [-0.2, -0.15) is 0 Å². The number of aryl methyl sites for hydroxylation is 1. The lowest BCUT2D eigenvalue weighted by Gasteiger charge is -2.35. The zero-order chi connectivity index (χ0) is 22.6. The van der Waals surface area contributed by atoms with Gasteiger partial charge in [0.1, 0.15) is 0 Å². The molecule has 1 aliphatic heterocycles. The standard InChI is InChI=1S/C21H25FN4O4S/c1-3-12-31(29,30)24-19-5-4-16(13-15(19)2)20(27)25-8-10-26(11-9-25)21(28)17-6-7-23-14-18(17)22/h4-7,13-14,24H,3,8-12H2,1-2H3. The van der Waals surface area contributed by atoms with Crippen molar-refractivity contribution in [2.24, 2.45) is 0 Å². The summed E-state index contributed by atoms with van der Waals surface area (Å²) < 4.78 is 40.3. The SMILES string of the molecule is CCCS(=O)(=O)Nc1ccc(C(=O)N2CCN(C(=O)c3ccncc3F)CC2)cc1C. The topological polar surface area (TPSA) is 99.7 Å². The number of carbonyl (C=O) groups is 2. The molecule has 166 valence electrons. The molecular formula is C21H25FN4O4S. The van der Waals surface area contributed by atoms with Gasteiger partial charge in [-0.05, 0) is 43.2 Å². The lowest BCUT2D eigenvalue weighted by Crippen LogP contribution is -2.50. The number of rotatable bonds is 6. The third-order valence-electron chi connectivity index (χ3n) is 5.07. The fourth-order valence-corrected chi connectivity index (χ4v) is 4.62. The predicted octanol–water partition coefficient (Wildman–Crippen LogP) is 2.28. The highest BCUT2D eigenvalue weighted by Gasteiger charge is 2.27. The second-order valence-corrected chi connectivity index (χ2v) is 9.23. The lowest BCUT2D eigenvalue weighted by atomic mass is 10.1. The number of pyridine rings is 1. The van der Waals surface area contributed by atoms with Crippen LogP contribution in [0.1, 0.15) is 39.6 Å². The van der Waals surface area contributed by atoms with E-state index in [0.717, 1.165) is 6.20 Å². The Morgan fingerprint density at radius 2 is 1.74 bits per heavy atom. The summed E-state index contributed by atoms with van der Waals surface area (Å²) in [5.41, 5.74) is 1.50. The van der Waals surface area contributed by atoms with E-state index in [1.165, 1.54) is 17.2 Å². The molecule has 2 heterocycles. The van der Waals surface area contributed by atoms with E-state index in [2.05, 4.69) is 9.71 Å². The molecule has 0 aliphatic carbocycles. The summed E-state index contributed by atoms with van der Waals surface area (Å²) in [6, 6.07) is 6.16. The van der Waals surface area contributed by atoms with Gasteiger partial charge < -0.3 is 9.80 Å². The molecule has 31 heavy (non-hydrogen) atoms. The number of anilines is 1. The first kappa shape index (κ1) is 22.7. The smallest absolute Gasteiger partial charge is 0.257 e. The molecule has 10 heteroatoms. The number of aromatic nitrogens is 1. The summed E-state index contributed by atoms with van der Waals surface area (Å²) in [5.74, 6) is -1.27. The second-order valence-electron chi connectivity index (χ2n) is 7.39. The zero-order valence-corrected chi connectivity index (χ0v) is 18.3. The number of sulfonamides is 1. The van der Waals surface area contributed by atoms with Crippen molar-refractivity contribution in [1.82, 2.24) is 14.8 Å². The molecule has 0 unspecified atom stereocenters. The maximum absolute atomic E-state index is 13.8. The monoisotopic (exact) mass is 448 g/mol. The molecule has 1 fully saturated rings. The van der Waals surface area contributed by atoms with Gasteiger partial charge in [0, 0.05) is 37.9 Å². The second kappa shape index (κ2) is 9.42. The van der Waals surface area contributed by atoms with E-state index >= 15 is 0 Å². The Bertz CT molecular complexity index is 1080. The maximum atomic E-state index is 13.8. The van der Waals surface area contributed by atoms with Crippen molar-refractivity contribution < 1.29 is 22.4 Å². The van der Waals surface area contributed by atoms with E-state index in [1.54, 1.807) is 36.9 Å². The van der Waals surface area contributed by atoms with Gasteiger partial charge in [-0.15, -0.1) is 0 Å². The quantitative estimate of drug-likeness (QED) is 0.731. The normalized spacial score (nSPS) is 14.4. The van der Waals surface area contributed by atoms with E-state index in [4.69, 9.17) is 0 Å². The van der Waals surface area contributed by atoms with Crippen molar-refractivity contribution in [1.29, 1.82) is 0 Å². The number of nitrogens with one attached hydrogen (secondary N) is 1. The van der Waals surface area contributed by atoms with Crippen molar-refractivity contribution in [2.45, 2.75) is 20.3 Å². The zero-order valence-electron chi connectivity index (χ0n) is 17.5. The number of nitrogens with zero attached hydrogens (tertiary/aromatic N) is 3. The van der Waals surface area contributed by atoms with Gasteiger partial charge in [0.2, 0.25) is 10.0 Å². The summed E-state index contributed by atoms with van der Waals surface area (Å²) in [5, 5.41) is 0. The van der Waals surface area contributed by atoms with Gasteiger partial charge in [-0.25, -0.2) is 12.8 Å². The average molecular weight is 449 g/mol. The third-order valence-corrected chi connectivity index (χ3v) is 6.55. The summed E-state index contributed by atoms with van der Waals surface area (Å²) >= 11 is 0. The number of hydrogen-bond acceptors (Lipinski definition) is 5. The molecule has 3 rings (SSSR count). The highest BCUT2D eigenvalue weighted by atomic mass is 32.2. The summed E-state index contributed by atoms with van der Waals surface area (Å²) in [6.07, 6.45) is 2.87. The molecule has 1 aromatic carbocycles. The molecule has 0 spiro atoms. The Balaban J connectivity index is 1.64. The summed E-state index contributed by atoms with van der Waals surface area (Å²) in [4.78, 5) is 32.2. The first-order valence-electron chi connectivity index (χ1n) is 10.0. The number of halogens is 1. The molecule has 2 aromatic rings. The predicted molar refractivity (Wildman–Crippen MR) is 115 cm³/mol. The van der Waals surface area contributed by atoms with Crippen LogP contribution >= 0.6 is 0 Å². The van der Waals surface area contributed by atoms with Gasteiger partial charge in [-0.1, -0.05) is 6.92 Å². The molecule has 1 N–H and O–H groups in total. The highest BCUT2D eigenvalue weighted by Crippen LogP contribution is 2.20. The van der Waals surface area contributed by atoms with Crippen LogP contribution in [0.25, 0.3) is 0 Å². The molecule has 0 saturated carbocycles. The Morgan fingerprint density at radius 3 is 2.32 bits per heavy atom. The van der Waals surface area contributed by atoms with E-state index in [0.29, 0.717) is 49.4 Å². The lowest BCUT2D eigenvalue weighted by molar-refractivity contribution is 0.0532. The molecule has 0 atom stereocenters. The van der Waals surface area contributed by atoms with E-state index in [9.17, 15) is 22.4 Å². The molecule has 2 amide bonds. The van der Waals surface area contributed by atoms with Gasteiger partial charge in [0.25, 0.3) is 11.8 Å². The van der Waals surface area contributed by atoms with Crippen LogP contribution in [0.4, 0.5) is 10.1 Å². The van der Waals surface area contributed by atoms with E-state index in [-0.39, 0.29) is 17.2 Å².